The maximum Gasteiger partial charge on any atom is 2.00 e. The Hall–Kier alpha value is -4.47. The van der Waals surface area contributed by atoms with Gasteiger partial charge < -0.3 is 9.30 Å². The van der Waals surface area contributed by atoms with E-state index in [9.17, 15) is 0 Å². The smallest absolute Gasteiger partial charge is 0.509 e. The van der Waals surface area contributed by atoms with E-state index in [4.69, 9.17) is 14.8 Å². The molecule has 0 aliphatic heterocycles. The summed E-state index contributed by atoms with van der Waals surface area (Å²) in [5.41, 5.74) is 12.0. The summed E-state index contributed by atoms with van der Waals surface area (Å²) in [6, 6.07) is 31.9. The molecule has 7 rings (SSSR count). The molecular formula is C43H42N4OPt. The zero-order chi connectivity index (χ0) is 33.5. The van der Waals surface area contributed by atoms with Gasteiger partial charge in [0.05, 0.1) is 6.20 Å². The molecule has 6 heteroatoms. The van der Waals surface area contributed by atoms with Crippen LogP contribution in [0.5, 0.6) is 11.5 Å². The predicted molar refractivity (Wildman–Crippen MR) is 197 cm³/mol. The minimum Gasteiger partial charge on any atom is -0.509 e. The topological polar surface area (TPSA) is 44.9 Å². The zero-order valence-corrected chi connectivity index (χ0v) is 31.5. The maximum atomic E-state index is 6.42. The van der Waals surface area contributed by atoms with Gasteiger partial charge in [-0.05, 0) is 108 Å². The fourth-order valence-electron chi connectivity index (χ4n) is 6.91. The molecule has 0 spiro atoms. The molecule has 0 bridgehead atoms. The summed E-state index contributed by atoms with van der Waals surface area (Å²) in [5, 5.41) is 7.09. The van der Waals surface area contributed by atoms with E-state index in [0.29, 0.717) is 23.3 Å². The van der Waals surface area contributed by atoms with Crippen molar-refractivity contribution < 1.29 is 25.8 Å². The van der Waals surface area contributed by atoms with Gasteiger partial charge in [-0.3, -0.25) is 4.68 Å². The Labute approximate surface area is 304 Å². The molecule has 0 saturated carbocycles. The molecule has 0 saturated heterocycles. The number of fused-ring (bicyclic) bond motifs is 3. The molecule has 0 aliphatic carbocycles. The first kappa shape index (κ1) is 34.4. The van der Waals surface area contributed by atoms with E-state index in [-0.39, 0.29) is 21.1 Å². The van der Waals surface area contributed by atoms with Gasteiger partial charge in [-0.25, -0.2) is 4.98 Å². The second kappa shape index (κ2) is 14.2. The third kappa shape index (κ3) is 6.87. The van der Waals surface area contributed by atoms with Crippen molar-refractivity contribution in [2.24, 2.45) is 11.8 Å². The number of benzene rings is 4. The van der Waals surface area contributed by atoms with Gasteiger partial charge in [-0.15, -0.1) is 35.7 Å². The van der Waals surface area contributed by atoms with Crippen LogP contribution in [0.4, 0.5) is 0 Å². The van der Waals surface area contributed by atoms with Gasteiger partial charge in [0.2, 0.25) is 0 Å². The van der Waals surface area contributed by atoms with Gasteiger partial charge >= 0.3 is 21.1 Å². The third-order valence-corrected chi connectivity index (χ3v) is 8.99. The van der Waals surface area contributed by atoms with Crippen LogP contribution in [0.3, 0.4) is 0 Å². The van der Waals surface area contributed by atoms with Crippen molar-refractivity contribution in [1.29, 1.82) is 0 Å². The average molecular weight is 826 g/mol. The molecule has 0 radical (unpaired) electrons. The van der Waals surface area contributed by atoms with E-state index in [1.165, 1.54) is 27.8 Å². The van der Waals surface area contributed by atoms with Crippen LogP contribution in [0.1, 0.15) is 55.5 Å². The van der Waals surface area contributed by atoms with Gasteiger partial charge in [0.1, 0.15) is 5.82 Å². The molecule has 250 valence electrons. The summed E-state index contributed by atoms with van der Waals surface area (Å²) in [7, 11) is 0. The Balaban J connectivity index is 0.00000417. The molecule has 5 nitrogen and oxygen atoms in total. The van der Waals surface area contributed by atoms with E-state index < -0.39 is 0 Å². The van der Waals surface area contributed by atoms with Crippen molar-refractivity contribution >= 4 is 21.8 Å². The minimum atomic E-state index is 0. The Morgan fingerprint density at radius 3 is 2.18 bits per heavy atom. The Bertz CT molecular complexity index is 2240. The number of para-hydroxylation sites is 1. The molecule has 3 heterocycles. The number of nitrogens with zero attached hydrogens (tertiary/aromatic N) is 4. The molecule has 0 fully saturated rings. The van der Waals surface area contributed by atoms with Gasteiger partial charge in [0.15, 0.2) is 0 Å². The average Bonchev–Trinajstić information content (AvgIpc) is 3.66. The summed E-state index contributed by atoms with van der Waals surface area (Å²) >= 11 is 0. The number of rotatable bonds is 9. The molecule has 49 heavy (non-hydrogen) atoms. The monoisotopic (exact) mass is 825 g/mol. The first-order valence-corrected chi connectivity index (χ1v) is 16.9. The molecule has 0 atom stereocenters. The number of aryl methyl sites for hydroxylation is 3. The van der Waals surface area contributed by atoms with Crippen LogP contribution in [-0.4, -0.2) is 19.3 Å². The first-order chi connectivity index (χ1) is 23.2. The van der Waals surface area contributed by atoms with Crippen LogP contribution in [0.15, 0.2) is 91.4 Å². The quantitative estimate of drug-likeness (QED) is 0.136. The standard InChI is InChI=1S/C43H42N4O.Pt/c1-27(2)19-38-30(6)22-31(7)39(20-28(3)4)43(38)32-25-45-46(26-32)33-11-10-12-34(23-33)48-35-15-16-37-36-13-8-9-14-40(36)47(41(37)24-35)42-21-29(5)17-18-44-42;/h8-18,21-22,25-28H,19-20H2,1-7H3;/q-2;+2. The first-order valence-electron chi connectivity index (χ1n) is 16.9. The SMILES string of the molecule is Cc1ccnc(-n2c3[c-]c(Oc4[c-]c(-n5cc(-c6c(CC(C)C)c(C)cc(C)c6CC(C)C)cn5)ccc4)ccc3c3ccccc32)c1.[Pt+2]. The van der Waals surface area contributed by atoms with E-state index in [0.717, 1.165) is 57.3 Å². The van der Waals surface area contributed by atoms with Crippen molar-refractivity contribution in [2.45, 2.75) is 61.3 Å². The maximum absolute atomic E-state index is 6.42. The largest absolute Gasteiger partial charge is 2.00 e. The molecule has 3 aromatic heterocycles. The summed E-state index contributed by atoms with van der Waals surface area (Å²) < 4.78 is 10.5. The van der Waals surface area contributed by atoms with Crippen LogP contribution < -0.4 is 4.74 Å². The van der Waals surface area contributed by atoms with Crippen LogP contribution in [0.2, 0.25) is 0 Å². The molecule has 0 amide bonds. The van der Waals surface area contributed by atoms with Crippen LogP contribution in [0, 0.1) is 44.7 Å². The minimum absolute atomic E-state index is 0. The van der Waals surface area contributed by atoms with Gasteiger partial charge in [-0.1, -0.05) is 57.5 Å². The van der Waals surface area contributed by atoms with Crippen LogP contribution in [-0.2, 0) is 33.9 Å². The molecule has 0 N–H and O–H groups in total. The van der Waals surface area contributed by atoms with Crippen LogP contribution >= 0.6 is 0 Å². The summed E-state index contributed by atoms with van der Waals surface area (Å²) in [6.45, 7) is 15.8. The third-order valence-electron chi connectivity index (χ3n) is 8.99. The fourth-order valence-corrected chi connectivity index (χ4v) is 6.91. The normalized spacial score (nSPS) is 11.5. The summed E-state index contributed by atoms with van der Waals surface area (Å²) in [5.74, 6) is 3.18. The van der Waals surface area contributed by atoms with Gasteiger partial charge in [-0.2, -0.15) is 17.2 Å². The number of aromatic nitrogens is 4. The second-order valence-corrected chi connectivity index (χ2v) is 13.8. The van der Waals surface area contributed by atoms with E-state index in [2.05, 4.69) is 114 Å². The fraction of sp³-hybridized carbons (Fsp3) is 0.256. The molecule has 0 aliphatic rings. The predicted octanol–water partition coefficient (Wildman–Crippen LogP) is 10.7. The molecule has 0 unspecified atom stereocenters. The summed E-state index contributed by atoms with van der Waals surface area (Å²) in [6.07, 6.45) is 8.06. The van der Waals surface area contributed by atoms with Gasteiger partial charge in [0, 0.05) is 35.0 Å². The number of hydrogen-bond acceptors (Lipinski definition) is 3. The zero-order valence-electron chi connectivity index (χ0n) is 29.2. The van der Waals surface area contributed by atoms with E-state index >= 15 is 0 Å². The van der Waals surface area contributed by atoms with Crippen molar-refractivity contribution in [3.63, 3.8) is 0 Å². The van der Waals surface area contributed by atoms with Crippen LogP contribution in [0.25, 0.3) is 44.4 Å². The van der Waals surface area contributed by atoms with Crippen molar-refractivity contribution in [2.75, 3.05) is 0 Å². The Kier molecular flexibility index (Phi) is 9.95. The molecule has 7 aromatic rings. The number of ether oxygens (including phenoxy) is 1. The molecular weight excluding hydrogens is 784 g/mol. The van der Waals surface area contributed by atoms with E-state index in [1.54, 1.807) is 0 Å². The number of pyridine rings is 1. The summed E-state index contributed by atoms with van der Waals surface area (Å²) in [4.78, 5) is 4.70. The number of hydrogen-bond donors (Lipinski definition) is 0. The Morgan fingerprint density at radius 2 is 1.47 bits per heavy atom. The van der Waals surface area contributed by atoms with Crippen molar-refractivity contribution in [1.82, 2.24) is 19.3 Å². The Morgan fingerprint density at radius 1 is 0.755 bits per heavy atom. The van der Waals surface area contributed by atoms with E-state index in [1.807, 2.05) is 47.4 Å². The van der Waals surface area contributed by atoms with Crippen molar-refractivity contribution in [3.05, 3.63) is 131 Å². The van der Waals surface area contributed by atoms with Crippen molar-refractivity contribution in [3.8, 4) is 34.1 Å². The molecule has 4 aromatic carbocycles. The van der Waals surface area contributed by atoms with Gasteiger partial charge in [0.25, 0.3) is 0 Å². The second-order valence-electron chi connectivity index (χ2n) is 13.8.